The number of amides is 1. The number of nitrogens with one attached hydrogen (secondary N) is 2. The number of nitrogens with zero attached hydrogens (tertiary/aromatic N) is 3. The van der Waals surface area contributed by atoms with Crippen LogP contribution in [0.15, 0.2) is 29.1 Å². The molecule has 2 aromatic rings. The first-order valence-corrected chi connectivity index (χ1v) is 12.2. The molecule has 8 nitrogen and oxygen atoms in total. The Morgan fingerprint density at radius 3 is 2.73 bits per heavy atom. The van der Waals surface area contributed by atoms with Gasteiger partial charge in [-0.2, -0.15) is 5.26 Å². The van der Waals surface area contributed by atoms with Crippen LogP contribution in [0.3, 0.4) is 0 Å². The van der Waals surface area contributed by atoms with Crippen LogP contribution in [0, 0.1) is 11.3 Å². The van der Waals surface area contributed by atoms with Crippen molar-refractivity contribution in [1.29, 1.82) is 5.26 Å². The van der Waals surface area contributed by atoms with Crippen molar-refractivity contribution in [2.24, 2.45) is 0 Å². The molecular weight excluding hydrogens is 438 g/mol. The van der Waals surface area contributed by atoms with E-state index in [4.69, 9.17) is 0 Å². The van der Waals surface area contributed by atoms with Crippen LogP contribution >= 0.6 is 11.3 Å². The van der Waals surface area contributed by atoms with Gasteiger partial charge in [0, 0.05) is 31.5 Å². The summed E-state index contributed by atoms with van der Waals surface area (Å²) in [5.41, 5.74) is 1.23. The van der Waals surface area contributed by atoms with Crippen molar-refractivity contribution < 1.29 is 9.90 Å². The Hall–Kier alpha value is -2.93. The number of β-amino-alcohol motifs (C(OH)–C–C–N with tert-alkyl or cyclic N) is 1. The van der Waals surface area contributed by atoms with Crippen LogP contribution in [-0.4, -0.2) is 46.7 Å². The van der Waals surface area contributed by atoms with E-state index in [-0.39, 0.29) is 11.1 Å². The van der Waals surface area contributed by atoms with Gasteiger partial charge in [-0.1, -0.05) is 18.6 Å². The van der Waals surface area contributed by atoms with E-state index in [0.29, 0.717) is 28.8 Å². The van der Waals surface area contributed by atoms with E-state index >= 15 is 0 Å². The van der Waals surface area contributed by atoms with Crippen LogP contribution in [0.1, 0.15) is 44.8 Å². The SMILES string of the molecule is CCNC(=O)/C(C#N)=c1\s/c(=C/Nc2cccc(C(O)CN3CCCCC3)c2)c(=O)n1CC. The monoisotopic (exact) mass is 469 g/mol. The molecule has 0 radical (unpaired) electrons. The van der Waals surface area contributed by atoms with Gasteiger partial charge in [0.15, 0.2) is 5.57 Å². The van der Waals surface area contributed by atoms with Crippen molar-refractivity contribution in [3.05, 3.63) is 49.4 Å². The van der Waals surface area contributed by atoms with Crippen LogP contribution < -0.4 is 25.4 Å². The Bertz CT molecular complexity index is 1190. The predicted molar refractivity (Wildman–Crippen MR) is 131 cm³/mol. The van der Waals surface area contributed by atoms with Crippen LogP contribution in [0.4, 0.5) is 5.69 Å². The molecule has 1 aliphatic heterocycles. The molecule has 1 unspecified atom stereocenters. The summed E-state index contributed by atoms with van der Waals surface area (Å²) in [6.07, 6.45) is 4.60. The molecule has 3 N–H and O–H groups in total. The van der Waals surface area contributed by atoms with E-state index in [2.05, 4.69) is 15.5 Å². The maximum absolute atomic E-state index is 12.8. The molecule has 3 rings (SSSR count). The molecule has 1 aliphatic rings. The zero-order valence-electron chi connectivity index (χ0n) is 19.1. The highest BCUT2D eigenvalue weighted by Crippen LogP contribution is 2.20. The van der Waals surface area contributed by atoms with E-state index < -0.39 is 12.0 Å². The first-order valence-electron chi connectivity index (χ1n) is 11.4. The van der Waals surface area contributed by atoms with Gasteiger partial charge in [-0.15, -0.1) is 11.3 Å². The van der Waals surface area contributed by atoms with Crippen molar-refractivity contribution in [2.75, 3.05) is 31.5 Å². The Morgan fingerprint density at radius 1 is 1.30 bits per heavy atom. The molecule has 1 fully saturated rings. The van der Waals surface area contributed by atoms with Gasteiger partial charge in [0.1, 0.15) is 15.3 Å². The fraction of sp³-hybridized carbons (Fsp3) is 0.458. The molecule has 1 amide bonds. The van der Waals surface area contributed by atoms with E-state index in [0.717, 1.165) is 35.7 Å². The van der Waals surface area contributed by atoms with Crippen molar-refractivity contribution in [2.45, 2.75) is 45.8 Å². The summed E-state index contributed by atoms with van der Waals surface area (Å²) in [6, 6.07) is 9.44. The Morgan fingerprint density at radius 2 is 2.06 bits per heavy atom. The average Bonchev–Trinajstić information content (AvgIpc) is 3.14. The minimum atomic E-state index is -0.583. The van der Waals surface area contributed by atoms with E-state index in [1.807, 2.05) is 30.3 Å². The number of aromatic nitrogens is 1. The Balaban J connectivity index is 1.86. The van der Waals surface area contributed by atoms with Crippen LogP contribution in [0.2, 0.25) is 0 Å². The first-order chi connectivity index (χ1) is 16.0. The number of rotatable bonds is 8. The molecule has 0 bridgehead atoms. The second kappa shape index (κ2) is 11.8. The molecule has 1 aromatic carbocycles. The zero-order valence-corrected chi connectivity index (χ0v) is 20.0. The fourth-order valence-electron chi connectivity index (χ4n) is 3.91. The molecule has 0 saturated carbocycles. The highest BCUT2D eigenvalue weighted by atomic mass is 32.1. The lowest BCUT2D eigenvalue weighted by molar-refractivity contribution is -0.115. The third kappa shape index (κ3) is 6.11. The molecule has 0 spiro atoms. The number of benzene rings is 1. The van der Waals surface area contributed by atoms with Gasteiger partial charge in [-0.3, -0.25) is 14.2 Å². The zero-order chi connectivity index (χ0) is 23.8. The number of hydrogen-bond donors (Lipinski definition) is 3. The van der Waals surface area contributed by atoms with Crippen molar-refractivity contribution in [3.8, 4) is 6.07 Å². The molecular formula is C24H31N5O3S. The molecule has 2 heterocycles. The number of thiazole rings is 1. The van der Waals surface area contributed by atoms with Crippen molar-refractivity contribution >= 4 is 34.7 Å². The molecule has 1 saturated heterocycles. The topological polar surface area (TPSA) is 110 Å². The molecule has 1 atom stereocenters. The minimum absolute atomic E-state index is 0.0664. The van der Waals surface area contributed by atoms with E-state index in [1.165, 1.54) is 23.8 Å². The summed E-state index contributed by atoms with van der Waals surface area (Å²) in [5.74, 6) is -0.488. The maximum Gasteiger partial charge on any atom is 0.270 e. The number of aliphatic hydroxyl groups excluding tert-OH is 1. The van der Waals surface area contributed by atoms with E-state index in [9.17, 15) is 20.0 Å². The molecule has 1 aromatic heterocycles. The lowest BCUT2D eigenvalue weighted by Crippen LogP contribution is -2.34. The smallest absolute Gasteiger partial charge is 0.270 e. The van der Waals surface area contributed by atoms with Gasteiger partial charge in [-0.05, 0) is 57.5 Å². The van der Waals surface area contributed by atoms with Gasteiger partial charge in [-0.25, -0.2) is 0 Å². The lowest BCUT2D eigenvalue weighted by atomic mass is 10.1. The number of hydrogen-bond acceptors (Lipinski definition) is 7. The standard InChI is InChI=1S/C24H31N5O3S/c1-3-26-22(31)19(14-25)24-29(4-2)23(32)21(33-24)15-27-18-10-8-9-17(13-18)20(30)16-28-11-6-5-7-12-28/h8-10,13,15,20,27,30H,3-7,11-12,16H2,1-2H3,(H,26,31)/b21-15+,24-19-. The summed E-state index contributed by atoms with van der Waals surface area (Å²) < 4.78 is 2.17. The van der Waals surface area contributed by atoms with Crippen LogP contribution in [0.5, 0.6) is 0 Å². The normalized spacial score (nSPS) is 16.7. The molecule has 0 aliphatic carbocycles. The van der Waals surface area contributed by atoms with Gasteiger partial charge < -0.3 is 20.6 Å². The van der Waals surface area contributed by atoms with Gasteiger partial charge >= 0.3 is 0 Å². The van der Waals surface area contributed by atoms with Crippen molar-refractivity contribution in [3.63, 3.8) is 0 Å². The maximum atomic E-state index is 12.8. The first kappa shape index (κ1) is 24.7. The number of anilines is 1. The number of likely N-dealkylation sites (tertiary alicyclic amines) is 1. The number of carbonyl (C=O) groups is 1. The number of aliphatic hydroxyl groups is 1. The Labute approximate surface area is 197 Å². The molecule has 9 heteroatoms. The van der Waals surface area contributed by atoms with E-state index in [1.54, 1.807) is 20.0 Å². The number of nitriles is 1. The summed E-state index contributed by atoms with van der Waals surface area (Å²) in [5, 5.41) is 25.9. The molecule has 176 valence electrons. The van der Waals surface area contributed by atoms with Gasteiger partial charge in [0.2, 0.25) is 0 Å². The van der Waals surface area contributed by atoms with Crippen LogP contribution in [0.25, 0.3) is 11.8 Å². The second-order valence-electron chi connectivity index (χ2n) is 7.96. The third-order valence-electron chi connectivity index (χ3n) is 5.64. The lowest BCUT2D eigenvalue weighted by Gasteiger charge is -2.28. The second-order valence-corrected chi connectivity index (χ2v) is 8.99. The largest absolute Gasteiger partial charge is 0.387 e. The van der Waals surface area contributed by atoms with Gasteiger partial charge in [0.05, 0.1) is 6.10 Å². The number of piperidine rings is 1. The van der Waals surface area contributed by atoms with Crippen LogP contribution in [-0.2, 0) is 11.3 Å². The summed E-state index contributed by atoms with van der Waals surface area (Å²) >= 11 is 1.11. The minimum Gasteiger partial charge on any atom is -0.387 e. The quantitative estimate of drug-likeness (QED) is 0.534. The summed E-state index contributed by atoms with van der Waals surface area (Å²) in [7, 11) is 0. The summed E-state index contributed by atoms with van der Waals surface area (Å²) in [4.78, 5) is 27.4. The molecule has 33 heavy (non-hydrogen) atoms. The van der Waals surface area contributed by atoms with Crippen molar-refractivity contribution in [1.82, 2.24) is 14.8 Å². The third-order valence-corrected chi connectivity index (χ3v) is 6.77. The predicted octanol–water partition coefficient (Wildman–Crippen LogP) is 1.11. The average molecular weight is 470 g/mol. The van der Waals surface area contributed by atoms with Gasteiger partial charge in [0.25, 0.3) is 11.5 Å². The fourth-order valence-corrected chi connectivity index (χ4v) is 5.00. The highest BCUT2D eigenvalue weighted by molar-refractivity contribution is 7.07. The number of carbonyl (C=O) groups excluding carboxylic acids is 1. The summed E-state index contributed by atoms with van der Waals surface area (Å²) in [6.45, 7) is 6.96. The Kier molecular flexibility index (Phi) is 8.83. The highest BCUT2D eigenvalue weighted by Gasteiger charge is 2.17.